The van der Waals surface area contributed by atoms with Gasteiger partial charge in [-0.25, -0.2) is 0 Å². The van der Waals surface area contributed by atoms with Crippen molar-refractivity contribution in [1.82, 2.24) is 10.3 Å². The number of ether oxygens (including phenoxy) is 1. The highest BCUT2D eigenvalue weighted by atomic mass is 16.5. The van der Waals surface area contributed by atoms with E-state index in [1.54, 1.807) is 24.4 Å². The van der Waals surface area contributed by atoms with Crippen molar-refractivity contribution >= 4 is 11.6 Å². The minimum Gasteiger partial charge on any atom is -0.487 e. The third-order valence-electron chi connectivity index (χ3n) is 2.90. The van der Waals surface area contributed by atoms with E-state index in [1.165, 1.54) is 0 Å². The summed E-state index contributed by atoms with van der Waals surface area (Å²) in [6.45, 7) is 6.40. The molecule has 0 saturated carbocycles. The van der Waals surface area contributed by atoms with Crippen LogP contribution >= 0.6 is 0 Å². The molecule has 1 aromatic carbocycles. The predicted octanol–water partition coefficient (Wildman–Crippen LogP) is 2.55. The molecule has 5 nitrogen and oxygen atoms in total. The lowest BCUT2D eigenvalue weighted by atomic mass is 10.1. The first-order valence-electron chi connectivity index (χ1n) is 6.91. The zero-order chi connectivity index (χ0) is 15.9. The average Bonchev–Trinajstić information content (AvgIpc) is 2.52. The van der Waals surface area contributed by atoms with Crippen LogP contribution in [0.25, 0.3) is 0 Å². The fourth-order valence-electron chi connectivity index (χ4n) is 1.80. The van der Waals surface area contributed by atoms with Gasteiger partial charge in [-0.15, -0.1) is 0 Å². The van der Waals surface area contributed by atoms with Crippen LogP contribution in [0.4, 0.5) is 5.69 Å². The van der Waals surface area contributed by atoms with Crippen molar-refractivity contribution in [1.29, 1.82) is 0 Å². The molecule has 0 aliphatic heterocycles. The number of benzene rings is 1. The van der Waals surface area contributed by atoms with Crippen LogP contribution in [0.3, 0.4) is 0 Å². The molecule has 2 rings (SSSR count). The summed E-state index contributed by atoms with van der Waals surface area (Å²) in [7, 11) is 0. The second kappa shape index (κ2) is 7.26. The Hall–Kier alpha value is -2.82. The lowest BCUT2D eigenvalue weighted by Crippen LogP contribution is -2.23. The Morgan fingerprint density at radius 3 is 2.82 bits per heavy atom. The van der Waals surface area contributed by atoms with Gasteiger partial charge in [0.1, 0.15) is 12.4 Å². The summed E-state index contributed by atoms with van der Waals surface area (Å²) < 4.78 is 5.50. The standard InChI is InChI=1S/C17H19N3O2/c1-12(2)11-22-16-7-6-13(9-15(16)18)17(21)20-10-14-5-3-4-8-19-14/h3-9H,1,10-11,18H2,2H3,(H,20,21). The van der Waals surface area contributed by atoms with Crippen molar-refractivity contribution in [3.05, 3.63) is 66.0 Å². The number of rotatable bonds is 6. The Balaban J connectivity index is 1.98. The van der Waals surface area contributed by atoms with Crippen LogP contribution in [-0.4, -0.2) is 17.5 Å². The van der Waals surface area contributed by atoms with Gasteiger partial charge in [0.05, 0.1) is 17.9 Å². The molecule has 0 bridgehead atoms. The molecule has 0 aliphatic carbocycles. The van der Waals surface area contributed by atoms with Crippen molar-refractivity contribution in [3.8, 4) is 5.75 Å². The van der Waals surface area contributed by atoms with Gasteiger partial charge in [-0.2, -0.15) is 0 Å². The van der Waals surface area contributed by atoms with Crippen molar-refractivity contribution in [2.45, 2.75) is 13.5 Å². The molecule has 2 aromatic rings. The molecule has 3 N–H and O–H groups in total. The zero-order valence-electron chi connectivity index (χ0n) is 12.5. The predicted molar refractivity (Wildman–Crippen MR) is 86.6 cm³/mol. The van der Waals surface area contributed by atoms with Gasteiger partial charge in [-0.05, 0) is 42.8 Å². The van der Waals surface area contributed by atoms with Gasteiger partial charge in [-0.1, -0.05) is 12.6 Å². The first-order chi connectivity index (χ1) is 10.6. The first-order valence-corrected chi connectivity index (χ1v) is 6.91. The van der Waals surface area contributed by atoms with Crippen molar-refractivity contribution in [2.75, 3.05) is 12.3 Å². The number of nitrogen functional groups attached to an aromatic ring is 1. The maximum atomic E-state index is 12.1. The van der Waals surface area contributed by atoms with E-state index in [4.69, 9.17) is 10.5 Å². The SMILES string of the molecule is C=C(C)COc1ccc(C(=O)NCc2ccccn2)cc1N. The molecule has 5 heteroatoms. The molecule has 114 valence electrons. The smallest absolute Gasteiger partial charge is 0.251 e. The number of hydrogen-bond donors (Lipinski definition) is 2. The normalized spacial score (nSPS) is 10.0. The van der Waals surface area contributed by atoms with Crippen LogP contribution in [0, 0.1) is 0 Å². The first kappa shape index (κ1) is 15.6. The van der Waals surface area contributed by atoms with Crippen LogP contribution in [0.1, 0.15) is 23.0 Å². The fraction of sp³-hybridized carbons (Fsp3) is 0.176. The molecule has 0 saturated heterocycles. The lowest BCUT2D eigenvalue weighted by molar-refractivity contribution is 0.0950. The van der Waals surface area contributed by atoms with Crippen molar-refractivity contribution < 1.29 is 9.53 Å². The minimum absolute atomic E-state index is 0.205. The monoisotopic (exact) mass is 297 g/mol. The zero-order valence-corrected chi connectivity index (χ0v) is 12.5. The third-order valence-corrected chi connectivity index (χ3v) is 2.90. The number of carbonyl (C=O) groups is 1. The number of pyridine rings is 1. The second-order valence-electron chi connectivity index (χ2n) is 5.00. The molecule has 0 unspecified atom stereocenters. The molecular formula is C17H19N3O2. The molecule has 0 spiro atoms. The van der Waals surface area contributed by atoms with Crippen LogP contribution in [0.2, 0.25) is 0 Å². The number of nitrogens with two attached hydrogens (primary N) is 1. The molecule has 0 aliphatic rings. The van der Waals surface area contributed by atoms with Crippen molar-refractivity contribution in [2.24, 2.45) is 0 Å². The largest absolute Gasteiger partial charge is 0.487 e. The van der Waals surface area contributed by atoms with Gasteiger partial charge in [0.15, 0.2) is 0 Å². The van der Waals surface area contributed by atoms with Crippen LogP contribution in [0.5, 0.6) is 5.75 Å². The Bertz CT molecular complexity index is 669. The molecule has 1 aromatic heterocycles. The summed E-state index contributed by atoms with van der Waals surface area (Å²) >= 11 is 0. The van der Waals surface area contributed by atoms with Gasteiger partial charge in [0.25, 0.3) is 5.91 Å². The molecule has 1 heterocycles. The summed E-state index contributed by atoms with van der Waals surface area (Å²) in [5, 5.41) is 2.80. The van der Waals surface area contributed by atoms with E-state index < -0.39 is 0 Å². The van der Waals surface area contributed by atoms with Gasteiger partial charge < -0.3 is 15.8 Å². The van der Waals surface area contributed by atoms with Gasteiger partial charge in [-0.3, -0.25) is 9.78 Å². The fourth-order valence-corrected chi connectivity index (χ4v) is 1.80. The quantitative estimate of drug-likeness (QED) is 0.634. The number of nitrogens with one attached hydrogen (secondary N) is 1. The van der Waals surface area contributed by atoms with E-state index in [1.807, 2.05) is 25.1 Å². The molecule has 0 atom stereocenters. The summed E-state index contributed by atoms with van der Waals surface area (Å²) in [6.07, 6.45) is 1.69. The Labute approximate surface area is 129 Å². The Morgan fingerprint density at radius 1 is 1.36 bits per heavy atom. The number of aromatic nitrogens is 1. The molecule has 0 fully saturated rings. The number of nitrogens with zero attached hydrogens (tertiary/aromatic N) is 1. The van der Waals surface area contributed by atoms with E-state index in [9.17, 15) is 4.79 Å². The number of anilines is 1. The van der Waals surface area contributed by atoms with Gasteiger partial charge in [0, 0.05) is 11.8 Å². The van der Waals surface area contributed by atoms with E-state index in [-0.39, 0.29) is 5.91 Å². The maximum Gasteiger partial charge on any atom is 0.251 e. The van der Waals surface area contributed by atoms with Gasteiger partial charge in [0.2, 0.25) is 0 Å². The summed E-state index contributed by atoms with van der Waals surface area (Å²) in [5.41, 5.74) is 8.51. The maximum absolute atomic E-state index is 12.1. The Morgan fingerprint density at radius 2 is 2.18 bits per heavy atom. The van der Waals surface area contributed by atoms with Crippen molar-refractivity contribution in [3.63, 3.8) is 0 Å². The van der Waals surface area contributed by atoms with Crippen LogP contribution in [-0.2, 0) is 6.54 Å². The average molecular weight is 297 g/mol. The summed E-state index contributed by atoms with van der Waals surface area (Å²) in [4.78, 5) is 16.2. The highest BCUT2D eigenvalue weighted by Crippen LogP contribution is 2.23. The summed E-state index contributed by atoms with van der Waals surface area (Å²) in [6, 6.07) is 10.5. The van der Waals surface area contributed by atoms with Crippen LogP contribution < -0.4 is 15.8 Å². The number of amides is 1. The van der Waals surface area contributed by atoms with E-state index >= 15 is 0 Å². The minimum atomic E-state index is -0.205. The topological polar surface area (TPSA) is 77.2 Å². The van der Waals surface area contributed by atoms with E-state index in [2.05, 4.69) is 16.9 Å². The second-order valence-corrected chi connectivity index (χ2v) is 5.00. The Kier molecular flexibility index (Phi) is 5.14. The lowest BCUT2D eigenvalue weighted by Gasteiger charge is -2.10. The summed E-state index contributed by atoms with van der Waals surface area (Å²) in [5.74, 6) is 0.341. The third kappa shape index (κ3) is 4.34. The van der Waals surface area contributed by atoms with E-state index in [0.717, 1.165) is 11.3 Å². The highest BCUT2D eigenvalue weighted by Gasteiger charge is 2.09. The van der Waals surface area contributed by atoms with Crippen LogP contribution in [0.15, 0.2) is 54.7 Å². The molecule has 22 heavy (non-hydrogen) atoms. The number of hydrogen-bond acceptors (Lipinski definition) is 4. The highest BCUT2D eigenvalue weighted by molar-refractivity contribution is 5.95. The molecule has 0 radical (unpaired) electrons. The van der Waals surface area contributed by atoms with Gasteiger partial charge >= 0.3 is 0 Å². The van der Waals surface area contributed by atoms with E-state index in [0.29, 0.717) is 30.2 Å². The molecular weight excluding hydrogens is 278 g/mol. The number of carbonyl (C=O) groups excluding carboxylic acids is 1. The molecule has 1 amide bonds.